The second-order valence-electron chi connectivity index (χ2n) is 5.06. The smallest absolute Gasteiger partial charge is 0.325 e. The molecule has 2 rings (SSSR count). The molecule has 1 heterocycles. The Morgan fingerprint density at radius 2 is 1.71 bits per heavy atom. The predicted molar refractivity (Wildman–Crippen MR) is 82.4 cm³/mol. The van der Waals surface area contributed by atoms with Crippen LogP contribution in [0, 0.1) is 0 Å². The molecular formula is C15H20N2O3S. The van der Waals surface area contributed by atoms with Gasteiger partial charge in [0, 0.05) is 38.0 Å². The van der Waals surface area contributed by atoms with Gasteiger partial charge in [-0.3, -0.25) is 14.5 Å². The van der Waals surface area contributed by atoms with E-state index in [0.29, 0.717) is 26.2 Å². The first kappa shape index (κ1) is 15.9. The summed E-state index contributed by atoms with van der Waals surface area (Å²) in [7, 11) is 0. The zero-order chi connectivity index (χ0) is 15.4. The van der Waals surface area contributed by atoms with Gasteiger partial charge in [-0.2, -0.15) is 0 Å². The summed E-state index contributed by atoms with van der Waals surface area (Å²) in [6, 6.07) is 7.00. The first-order chi connectivity index (χ1) is 10.0. The first-order valence-corrected chi connectivity index (χ1v) is 8.11. The molecule has 1 aromatic rings. The van der Waals surface area contributed by atoms with Gasteiger partial charge in [0.25, 0.3) is 0 Å². The lowest BCUT2D eigenvalue weighted by molar-refractivity contribution is -0.145. The van der Waals surface area contributed by atoms with Gasteiger partial charge in [0.05, 0.1) is 0 Å². The van der Waals surface area contributed by atoms with Crippen LogP contribution in [0.1, 0.15) is 18.5 Å². The fraction of sp³-hybridized carbons (Fsp3) is 0.467. The van der Waals surface area contributed by atoms with Gasteiger partial charge in [0.1, 0.15) is 6.04 Å². The maximum absolute atomic E-state index is 11.6. The van der Waals surface area contributed by atoms with Crippen LogP contribution in [0.5, 0.6) is 0 Å². The van der Waals surface area contributed by atoms with Gasteiger partial charge in [-0.1, -0.05) is 12.1 Å². The zero-order valence-corrected chi connectivity index (χ0v) is 13.1. The highest BCUT2D eigenvalue weighted by Gasteiger charge is 2.30. The number of thioether (sulfide) groups is 1. The average molecular weight is 308 g/mol. The van der Waals surface area contributed by atoms with Crippen LogP contribution >= 0.6 is 11.8 Å². The molecule has 1 aliphatic rings. The molecule has 6 heteroatoms. The second kappa shape index (κ2) is 6.95. The summed E-state index contributed by atoms with van der Waals surface area (Å²) in [5, 5.41) is 9.55. The number of hydrogen-bond donors (Lipinski definition) is 1. The molecule has 1 atom stereocenters. The molecule has 0 aliphatic carbocycles. The SMILES string of the molecule is CSc1ccc(C(C(=O)O)N2CCN(C(C)=O)CC2)cc1. The van der Waals surface area contributed by atoms with Crippen LogP contribution < -0.4 is 0 Å². The van der Waals surface area contributed by atoms with Gasteiger partial charge in [-0.15, -0.1) is 11.8 Å². The van der Waals surface area contributed by atoms with E-state index in [2.05, 4.69) is 0 Å². The third kappa shape index (κ3) is 3.77. The maximum Gasteiger partial charge on any atom is 0.325 e. The number of aliphatic carboxylic acids is 1. The summed E-state index contributed by atoms with van der Waals surface area (Å²) in [5.74, 6) is -0.797. The molecule has 0 spiro atoms. The minimum Gasteiger partial charge on any atom is -0.480 e. The van der Waals surface area contributed by atoms with Crippen molar-refractivity contribution in [1.82, 2.24) is 9.80 Å². The van der Waals surface area contributed by atoms with E-state index in [1.807, 2.05) is 35.4 Å². The summed E-state index contributed by atoms with van der Waals surface area (Å²) in [6.07, 6.45) is 1.99. The fourth-order valence-electron chi connectivity index (χ4n) is 2.59. The highest BCUT2D eigenvalue weighted by molar-refractivity contribution is 7.98. The third-order valence-electron chi connectivity index (χ3n) is 3.79. The van der Waals surface area contributed by atoms with Crippen LogP contribution in [0.25, 0.3) is 0 Å². The molecule has 1 saturated heterocycles. The molecule has 1 amide bonds. The minimum absolute atomic E-state index is 0.0471. The van der Waals surface area contributed by atoms with Crippen molar-refractivity contribution in [3.63, 3.8) is 0 Å². The van der Waals surface area contributed by atoms with Gasteiger partial charge < -0.3 is 10.0 Å². The van der Waals surface area contributed by atoms with E-state index >= 15 is 0 Å². The number of nitrogens with zero attached hydrogens (tertiary/aromatic N) is 2. The summed E-state index contributed by atoms with van der Waals surface area (Å²) in [5.41, 5.74) is 0.788. The van der Waals surface area contributed by atoms with Crippen LogP contribution in [-0.2, 0) is 9.59 Å². The molecule has 5 nitrogen and oxygen atoms in total. The summed E-state index contributed by atoms with van der Waals surface area (Å²) >= 11 is 1.63. The van der Waals surface area contributed by atoms with Crippen molar-refractivity contribution in [1.29, 1.82) is 0 Å². The number of benzene rings is 1. The molecule has 0 saturated carbocycles. The van der Waals surface area contributed by atoms with E-state index in [-0.39, 0.29) is 5.91 Å². The van der Waals surface area contributed by atoms with Crippen LogP contribution in [0.3, 0.4) is 0 Å². The molecule has 0 bridgehead atoms. The fourth-order valence-corrected chi connectivity index (χ4v) is 3.00. The topological polar surface area (TPSA) is 60.9 Å². The van der Waals surface area contributed by atoms with E-state index in [1.165, 1.54) is 0 Å². The molecule has 21 heavy (non-hydrogen) atoms. The summed E-state index contributed by atoms with van der Waals surface area (Å²) in [6.45, 7) is 3.89. The second-order valence-corrected chi connectivity index (χ2v) is 5.94. The van der Waals surface area contributed by atoms with E-state index in [4.69, 9.17) is 0 Å². The number of piperazine rings is 1. The largest absolute Gasteiger partial charge is 0.480 e. The van der Waals surface area contributed by atoms with Crippen LogP contribution in [-0.4, -0.2) is 59.2 Å². The Bertz CT molecular complexity index is 510. The molecule has 0 radical (unpaired) electrons. The van der Waals surface area contributed by atoms with E-state index < -0.39 is 12.0 Å². The Kier molecular flexibility index (Phi) is 5.25. The third-order valence-corrected chi connectivity index (χ3v) is 4.53. The first-order valence-electron chi connectivity index (χ1n) is 6.89. The van der Waals surface area contributed by atoms with E-state index in [9.17, 15) is 14.7 Å². The number of amides is 1. The molecule has 0 aromatic heterocycles. The lowest BCUT2D eigenvalue weighted by Gasteiger charge is -2.37. The zero-order valence-electron chi connectivity index (χ0n) is 12.3. The summed E-state index contributed by atoms with van der Waals surface area (Å²) < 4.78 is 0. The molecule has 1 unspecified atom stereocenters. The van der Waals surface area contributed by atoms with Crippen molar-refractivity contribution in [2.75, 3.05) is 32.4 Å². The molecule has 114 valence electrons. The number of carboxylic acids is 1. The normalized spacial score (nSPS) is 17.5. The van der Waals surface area contributed by atoms with Gasteiger partial charge >= 0.3 is 5.97 Å². The van der Waals surface area contributed by atoms with Gasteiger partial charge in [0.2, 0.25) is 5.91 Å². The van der Waals surface area contributed by atoms with Crippen LogP contribution in [0.15, 0.2) is 29.2 Å². The van der Waals surface area contributed by atoms with Crippen molar-refractivity contribution in [3.05, 3.63) is 29.8 Å². The Balaban J connectivity index is 2.12. The number of hydrogen-bond acceptors (Lipinski definition) is 4. The number of carbonyl (C=O) groups excluding carboxylic acids is 1. The monoisotopic (exact) mass is 308 g/mol. The maximum atomic E-state index is 11.6. The standard InChI is InChI=1S/C15H20N2O3S/c1-11(18)16-7-9-17(10-8-16)14(15(19)20)12-3-5-13(21-2)6-4-12/h3-6,14H,7-10H2,1-2H3,(H,19,20). The highest BCUT2D eigenvalue weighted by atomic mass is 32.2. The van der Waals surface area contributed by atoms with E-state index in [1.54, 1.807) is 23.6 Å². The number of carbonyl (C=O) groups is 2. The molecule has 1 aromatic carbocycles. The Labute approximate surface area is 128 Å². The number of rotatable bonds is 4. The van der Waals surface area contributed by atoms with Crippen LogP contribution in [0.2, 0.25) is 0 Å². The molecule has 1 N–H and O–H groups in total. The van der Waals surface area contributed by atoms with E-state index in [0.717, 1.165) is 10.5 Å². The quantitative estimate of drug-likeness (QED) is 0.858. The Hall–Kier alpha value is -1.53. The molecule has 1 aliphatic heterocycles. The van der Waals surface area contributed by atoms with Gasteiger partial charge in [-0.25, -0.2) is 0 Å². The van der Waals surface area contributed by atoms with Gasteiger partial charge in [0.15, 0.2) is 0 Å². The molecular weight excluding hydrogens is 288 g/mol. The van der Waals surface area contributed by atoms with Crippen molar-refractivity contribution in [2.45, 2.75) is 17.9 Å². The van der Waals surface area contributed by atoms with Crippen molar-refractivity contribution in [2.24, 2.45) is 0 Å². The highest BCUT2D eigenvalue weighted by Crippen LogP contribution is 2.25. The Morgan fingerprint density at radius 3 is 2.14 bits per heavy atom. The Morgan fingerprint density at radius 1 is 1.14 bits per heavy atom. The van der Waals surface area contributed by atoms with Gasteiger partial charge in [-0.05, 0) is 24.0 Å². The van der Waals surface area contributed by atoms with Crippen molar-refractivity contribution < 1.29 is 14.7 Å². The lowest BCUT2D eigenvalue weighted by Crippen LogP contribution is -2.50. The number of carboxylic acid groups (broad SMARTS) is 1. The lowest BCUT2D eigenvalue weighted by atomic mass is 10.0. The predicted octanol–water partition coefficient (Wildman–Crippen LogP) is 1.70. The van der Waals surface area contributed by atoms with Crippen molar-refractivity contribution in [3.8, 4) is 0 Å². The average Bonchev–Trinajstić information content (AvgIpc) is 2.48. The molecule has 1 fully saturated rings. The van der Waals surface area contributed by atoms with Crippen LogP contribution in [0.4, 0.5) is 0 Å². The minimum atomic E-state index is -0.844. The summed E-state index contributed by atoms with van der Waals surface area (Å²) in [4.78, 5) is 27.8. The van der Waals surface area contributed by atoms with Crippen molar-refractivity contribution >= 4 is 23.6 Å².